The van der Waals surface area contributed by atoms with E-state index in [-0.39, 0.29) is 35.2 Å². The Morgan fingerprint density at radius 3 is 2.64 bits per heavy atom. The standard InChI is InChI=1S/C22H29N5O4S2/c1-16-3-2-4-18(13-16)27-21(25-8-10-31-11-9-25)23-24-22(27)32-14-20(28)26(17-5-6-17)19-7-12-33(29,30)15-19/h2-4,13,17,19H,5-12,14-15H2,1H3/t19-/m1/s1. The maximum absolute atomic E-state index is 13.2. The van der Waals surface area contributed by atoms with Gasteiger partial charge < -0.3 is 14.5 Å². The molecule has 3 fully saturated rings. The summed E-state index contributed by atoms with van der Waals surface area (Å²) >= 11 is 1.36. The molecule has 9 nitrogen and oxygen atoms in total. The second kappa shape index (κ2) is 9.27. The van der Waals surface area contributed by atoms with Crippen LogP contribution in [0, 0.1) is 6.92 Å². The number of nitrogens with zero attached hydrogens (tertiary/aromatic N) is 5. The number of benzene rings is 1. The summed E-state index contributed by atoms with van der Waals surface area (Å²) in [4.78, 5) is 17.2. The smallest absolute Gasteiger partial charge is 0.233 e. The Labute approximate surface area is 198 Å². The number of carbonyl (C=O) groups is 1. The van der Waals surface area contributed by atoms with Crippen LogP contribution in [0.1, 0.15) is 24.8 Å². The maximum atomic E-state index is 13.2. The van der Waals surface area contributed by atoms with E-state index < -0.39 is 9.84 Å². The van der Waals surface area contributed by atoms with Gasteiger partial charge in [-0.2, -0.15) is 0 Å². The lowest BCUT2D eigenvalue weighted by Crippen LogP contribution is -2.43. The first kappa shape index (κ1) is 22.7. The fourth-order valence-corrected chi connectivity index (χ4v) is 7.10. The molecule has 2 aromatic rings. The van der Waals surface area contributed by atoms with Gasteiger partial charge in [-0.1, -0.05) is 23.9 Å². The predicted molar refractivity (Wildman–Crippen MR) is 127 cm³/mol. The number of amides is 1. The molecule has 0 bridgehead atoms. The fourth-order valence-electron chi connectivity index (χ4n) is 4.57. The number of rotatable bonds is 7. The van der Waals surface area contributed by atoms with Crippen LogP contribution in [0.15, 0.2) is 29.4 Å². The zero-order valence-electron chi connectivity index (χ0n) is 18.7. The Kier molecular flexibility index (Phi) is 6.37. The summed E-state index contributed by atoms with van der Waals surface area (Å²) in [5.74, 6) is 1.20. The van der Waals surface area contributed by atoms with Gasteiger partial charge in [0.25, 0.3) is 0 Å². The molecule has 2 saturated heterocycles. The highest BCUT2D eigenvalue weighted by Gasteiger charge is 2.42. The lowest BCUT2D eigenvalue weighted by Gasteiger charge is -2.29. The third-order valence-corrected chi connectivity index (χ3v) is 8.99. The quantitative estimate of drug-likeness (QED) is 0.540. The Morgan fingerprint density at radius 1 is 1.18 bits per heavy atom. The molecule has 1 aromatic carbocycles. The number of hydrogen-bond acceptors (Lipinski definition) is 8. The number of anilines is 1. The molecule has 11 heteroatoms. The monoisotopic (exact) mass is 491 g/mol. The van der Waals surface area contributed by atoms with E-state index in [4.69, 9.17) is 4.74 Å². The van der Waals surface area contributed by atoms with Gasteiger partial charge in [0.1, 0.15) is 0 Å². The van der Waals surface area contributed by atoms with Crippen molar-refractivity contribution in [1.29, 1.82) is 0 Å². The van der Waals surface area contributed by atoms with Crippen molar-refractivity contribution in [3.8, 4) is 5.69 Å². The van der Waals surface area contributed by atoms with Crippen molar-refractivity contribution in [3.05, 3.63) is 29.8 Å². The number of aromatic nitrogens is 3. The molecule has 5 rings (SSSR count). The van der Waals surface area contributed by atoms with Gasteiger partial charge in [-0.05, 0) is 43.9 Å². The highest BCUT2D eigenvalue weighted by Crippen LogP contribution is 2.34. The van der Waals surface area contributed by atoms with Crippen molar-refractivity contribution in [2.75, 3.05) is 48.5 Å². The molecule has 0 unspecified atom stereocenters. The highest BCUT2D eigenvalue weighted by atomic mass is 32.2. The fraction of sp³-hybridized carbons (Fsp3) is 0.591. The number of hydrogen-bond donors (Lipinski definition) is 0. The summed E-state index contributed by atoms with van der Waals surface area (Å²) in [6.45, 7) is 4.80. The van der Waals surface area contributed by atoms with E-state index in [0.29, 0.717) is 24.8 Å². The van der Waals surface area contributed by atoms with E-state index in [0.717, 1.165) is 43.1 Å². The highest BCUT2D eigenvalue weighted by molar-refractivity contribution is 7.99. The molecule has 0 N–H and O–H groups in total. The predicted octanol–water partition coefficient (Wildman–Crippen LogP) is 1.68. The van der Waals surface area contributed by atoms with E-state index in [2.05, 4.69) is 21.2 Å². The summed E-state index contributed by atoms with van der Waals surface area (Å²) in [5.41, 5.74) is 2.08. The molecule has 3 aliphatic rings. The van der Waals surface area contributed by atoms with Crippen molar-refractivity contribution in [2.24, 2.45) is 0 Å². The molecule has 178 valence electrons. The Hall–Kier alpha value is -2.11. The van der Waals surface area contributed by atoms with Gasteiger partial charge >= 0.3 is 0 Å². The van der Waals surface area contributed by atoms with Gasteiger partial charge in [-0.15, -0.1) is 10.2 Å². The van der Waals surface area contributed by atoms with Crippen LogP contribution < -0.4 is 4.90 Å². The number of aryl methyl sites for hydroxylation is 1. The molecule has 0 radical (unpaired) electrons. The van der Waals surface area contributed by atoms with Crippen molar-refractivity contribution >= 4 is 33.5 Å². The average molecular weight is 492 g/mol. The lowest BCUT2D eigenvalue weighted by atomic mass is 10.2. The minimum absolute atomic E-state index is 0.0173. The summed E-state index contributed by atoms with van der Waals surface area (Å²) < 4.78 is 31.5. The topological polar surface area (TPSA) is 97.6 Å². The van der Waals surface area contributed by atoms with Gasteiger partial charge in [0.05, 0.1) is 36.2 Å². The molecule has 1 aromatic heterocycles. The second-order valence-electron chi connectivity index (χ2n) is 8.93. The lowest BCUT2D eigenvalue weighted by molar-refractivity contribution is -0.130. The van der Waals surface area contributed by atoms with Gasteiger partial charge in [-0.3, -0.25) is 9.36 Å². The normalized spacial score (nSPS) is 22.5. The van der Waals surface area contributed by atoms with Gasteiger partial charge in [-0.25, -0.2) is 8.42 Å². The van der Waals surface area contributed by atoms with Crippen LogP contribution in [0.2, 0.25) is 0 Å². The van der Waals surface area contributed by atoms with Gasteiger partial charge in [0, 0.05) is 25.2 Å². The zero-order chi connectivity index (χ0) is 23.0. The summed E-state index contributed by atoms with van der Waals surface area (Å²) in [7, 11) is -3.05. The van der Waals surface area contributed by atoms with Crippen molar-refractivity contribution in [2.45, 2.75) is 43.4 Å². The first-order valence-electron chi connectivity index (χ1n) is 11.4. The number of thioether (sulfide) groups is 1. The summed E-state index contributed by atoms with van der Waals surface area (Å²) in [6, 6.07) is 8.12. The van der Waals surface area contributed by atoms with Gasteiger partial charge in [0.2, 0.25) is 11.9 Å². The maximum Gasteiger partial charge on any atom is 0.233 e. The van der Waals surface area contributed by atoms with Gasteiger partial charge in [0.15, 0.2) is 15.0 Å². The molecule has 3 heterocycles. The minimum Gasteiger partial charge on any atom is -0.378 e. The van der Waals surface area contributed by atoms with E-state index in [1.807, 2.05) is 34.6 Å². The van der Waals surface area contributed by atoms with Crippen molar-refractivity contribution in [1.82, 2.24) is 19.7 Å². The second-order valence-corrected chi connectivity index (χ2v) is 12.1. The van der Waals surface area contributed by atoms with Crippen LogP contribution in [0.4, 0.5) is 5.95 Å². The first-order chi connectivity index (χ1) is 15.9. The van der Waals surface area contributed by atoms with Crippen molar-refractivity contribution < 1.29 is 17.9 Å². The average Bonchev–Trinajstić information content (AvgIpc) is 3.43. The first-order valence-corrected chi connectivity index (χ1v) is 14.2. The van der Waals surface area contributed by atoms with E-state index in [1.54, 1.807) is 0 Å². The largest absolute Gasteiger partial charge is 0.378 e. The van der Waals surface area contributed by atoms with E-state index in [1.165, 1.54) is 11.8 Å². The molecule has 33 heavy (non-hydrogen) atoms. The van der Waals surface area contributed by atoms with E-state index >= 15 is 0 Å². The molecular formula is C22H29N5O4S2. The summed E-state index contributed by atoms with van der Waals surface area (Å²) in [5, 5.41) is 9.57. The Balaban J connectivity index is 1.37. The minimum atomic E-state index is -3.05. The molecule has 1 aliphatic carbocycles. The molecule has 2 aliphatic heterocycles. The Bertz CT molecular complexity index is 1130. The van der Waals surface area contributed by atoms with Crippen LogP contribution >= 0.6 is 11.8 Å². The number of carbonyl (C=O) groups excluding carboxylic acids is 1. The van der Waals surface area contributed by atoms with Crippen LogP contribution in [-0.4, -0.2) is 89.6 Å². The van der Waals surface area contributed by atoms with Crippen LogP contribution in [0.25, 0.3) is 5.69 Å². The number of sulfone groups is 1. The van der Waals surface area contributed by atoms with E-state index in [9.17, 15) is 13.2 Å². The summed E-state index contributed by atoms with van der Waals surface area (Å²) in [6.07, 6.45) is 2.44. The molecule has 1 atom stereocenters. The van der Waals surface area contributed by atoms with Crippen LogP contribution in [0.3, 0.4) is 0 Å². The molecule has 1 amide bonds. The van der Waals surface area contributed by atoms with Crippen molar-refractivity contribution in [3.63, 3.8) is 0 Å². The number of morpholine rings is 1. The molecular weight excluding hydrogens is 462 g/mol. The molecule has 1 saturated carbocycles. The van der Waals surface area contributed by atoms with Crippen LogP contribution in [0.5, 0.6) is 0 Å². The number of ether oxygens (including phenoxy) is 1. The molecule has 0 spiro atoms. The third-order valence-electron chi connectivity index (χ3n) is 6.32. The Morgan fingerprint density at radius 2 is 1.97 bits per heavy atom. The van der Waals surface area contributed by atoms with Crippen LogP contribution in [-0.2, 0) is 19.4 Å². The zero-order valence-corrected chi connectivity index (χ0v) is 20.4. The SMILES string of the molecule is Cc1cccc(-n2c(SCC(=O)N(C3CC3)[C@@H]3CCS(=O)(=O)C3)nnc2N2CCOCC2)c1. The third kappa shape index (κ3) is 5.04.